The number of benzene rings is 3. The van der Waals surface area contributed by atoms with Gasteiger partial charge >= 0.3 is 0 Å². The molecule has 0 aliphatic carbocycles. The maximum Gasteiger partial charge on any atom is 0.299 e. The molecule has 128 valence electrons. The predicted octanol–water partition coefficient (Wildman–Crippen LogP) is 2.60. The lowest BCUT2D eigenvalue weighted by Crippen LogP contribution is -2.29. The van der Waals surface area contributed by atoms with Crippen molar-refractivity contribution in [1.82, 2.24) is 0 Å². The minimum Gasteiger partial charge on any atom is -0.369 e. The molecule has 2 N–H and O–H groups in total. The summed E-state index contributed by atoms with van der Waals surface area (Å²) in [5.41, 5.74) is 7.68. The van der Waals surface area contributed by atoms with Crippen molar-refractivity contribution in [3.05, 3.63) is 77.4 Å². The van der Waals surface area contributed by atoms with Gasteiger partial charge in [-0.25, -0.2) is 0 Å². The molecule has 0 saturated heterocycles. The van der Waals surface area contributed by atoms with Crippen molar-refractivity contribution in [1.29, 1.82) is 0 Å². The van der Waals surface area contributed by atoms with Crippen LogP contribution in [0.4, 0.5) is 5.69 Å². The van der Waals surface area contributed by atoms with E-state index in [-0.39, 0.29) is 6.42 Å². The zero-order valence-electron chi connectivity index (χ0n) is 13.9. The van der Waals surface area contributed by atoms with Crippen LogP contribution in [0.5, 0.6) is 0 Å². The van der Waals surface area contributed by atoms with E-state index in [4.69, 9.17) is 5.73 Å². The summed E-state index contributed by atoms with van der Waals surface area (Å²) in [5.74, 6) is -1.58. The SMILES string of the molecule is NC(=O)Cc1ccc2c(c1)C(=O)C(=O)N2Cc1ccc2ccccc2c1. The van der Waals surface area contributed by atoms with E-state index in [0.717, 1.165) is 16.3 Å². The molecular formula is C21H16N2O3. The third-order valence-corrected chi connectivity index (χ3v) is 4.57. The number of anilines is 1. The van der Waals surface area contributed by atoms with Gasteiger partial charge in [0.15, 0.2) is 0 Å². The first-order chi connectivity index (χ1) is 12.5. The third kappa shape index (κ3) is 2.73. The number of rotatable bonds is 4. The highest BCUT2D eigenvalue weighted by atomic mass is 16.2. The van der Waals surface area contributed by atoms with Crippen LogP contribution in [0.3, 0.4) is 0 Å². The number of ketones is 1. The average Bonchev–Trinajstić information content (AvgIpc) is 2.86. The largest absolute Gasteiger partial charge is 0.369 e. The lowest BCUT2D eigenvalue weighted by Gasteiger charge is -2.17. The van der Waals surface area contributed by atoms with E-state index < -0.39 is 17.6 Å². The summed E-state index contributed by atoms with van der Waals surface area (Å²) in [7, 11) is 0. The van der Waals surface area contributed by atoms with Crippen LogP contribution in [0.1, 0.15) is 21.5 Å². The van der Waals surface area contributed by atoms with Gasteiger partial charge in [0.2, 0.25) is 5.91 Å². The molecule has 0 bridgehead atoms. The number of nitrogens with zero attached hydrogens (tertiary/aromatic N) is 1. The van der Waals surface area contributed by atoms with E-state index in [1.54, 1.807) is 18.2 Å². The number of Topliss-reactive ketones (excluding diaryl/α,β-unsaturated/α-hetero) is 1. The molecule has 0 unspecified atom stereocenters. The minimum absolute atomic E-state index is 0.0411. The van der Waals surface area contributed by atoms with Gasteiger partial charge in [0.1, 0.15) is 0 Å². The van der Waals surface area contributed by atoms with Gasteiger partial charge in [-0.15, -0.1) is 0 Å². The molecule has 0 saturated carbocycles. The number of nitrogens with two attached hydrogens (primary N) is 1. The van der Waals surface area contributed by atoms with Gasteiger partial charge < -0.3 is 10.6 Å². The maximum atomic E-state index is 12.4. The number of fused-ring (bicyclic) bond motifs is 2. The quantitative estimate of drug-likeness (QED) is 0.739. The van der Waals surface area contributed by atoms with Crippen LogP contribution < -0.4 is 10.6 Å². The summed E-state index contributed by atoms with van der Waals surface area (Å²) in [6.45, 7) is 0.317. The second kappa shape index (κ2) is 6.11. The molecule has 3 aromatic carbocycles. The highest BCUT2D eigenvalue weighted by Crippen LogP contribution is 2.31. The molecule has 0 radical (unpaired) electrons. The van der Waals surface area contributed by atoms with Crippen LogP contribution in [0.25, 0.3) is 10.8 Å². The molecule has 0 aromatic heterocycles. The first-order valence-electron chi connectivity index (χ1n) is 8.28. The van der Waals surface area contributed by atoms with Gasteiger partial charge in [-0.2, -0.15) is 0 Å². The Morgan fingerprint density at radius 2 is 1.62 bits per heavy atom. The highest BCUT2D eigenvalue weighted by molar-refractivity contribution is 6.52. The van der Waals surface area contributed by atoms with E-state index >= 15 is 0 Å². The van der Waals surface area contributed by atoms with Crippen LogP contribution >= 0.6 is 0 Å². The van der Waals surface area contributed by atoms with E-state index in [1.807, 2.05) is 42.5 Å². The van der Waals surface area contributed by atoms with Gasteiger partial charge in [-0.1, -0.05) is 42.5 Å². The van der Waals surface area contributed by atoms with E-state index in [2.05, 4.69) is 0 Å². The van der Waals surface area contributed by atoms with Crippen LogP contribution in [-0.4, -0.2) is 17.6 Å². The van der Waals surface area contributed by atoms with Crippen molar-refractivity contribution >= 4 is 34.1 Å². The van der Waals surface area contributed by atoms with Crippen LogP contribution in [0, 0.1) is 0 Å². The fourth-order valence-corrected chi connectivity index (χ4v) is 3.34. The molecule has 1 aliphatic rings. The number of hydrogen-bond donors (Lipinski definition) is 1. The standard InChI is InChI=1S/C21H16N2O3/c22-19(24)11-13-6-8-18-17(10-13)20(25)21(26)23(18)12-14-5-7-15-3-1-2-4-16(15)9-14/h1-10H,11-12H2,(H2,22,24). The van der Waals surface area contributed by atoms with E-state index in [9.17, 15) is 14.4 Å². The van der Waals surface area contributed by atoms with Crippen LogP contribution in [0.15, 0.2) is 60.7 Å². The van der Waals surface area contributed by atoms with Gasteiger partial charge in [-0.3, -0.25) is 14.4 Å². The summed E-state index contributed by atoms with van der Waals surface area (Å²) in [5, 5.41) is 2.21. The van der Waals surface area contributed by atoms with Crippen molar-refractivity contribution in [3.63, 3.8) is 0 Å². The Labute approximate surface area is 150 Å². The minimum atomic E-state index is -0.551. The summed E-state index contributed by atoms with van der Waals surface area (Å²) in [6.07, 6.45) is 0.0411. The molecule has 0 fully saturated rings. The first kappa shape index (κ1) is 16.0. The molecule has 3 aromatic rings. The zero-order valence-corrected chi connectivity index (χ0v) is 13.9. The molecule has 4 rings (SSSR count). The molecule has 5 heteroatoms. The Morgan fingerprint density at radius 3 is 2.38 bits per heavy atom. The molecule has 0 atom stereocenters. The van der Waals surface area contributed by atoms with Crippen molar-refractivity contribution in [2.75, 3.05) is 4.90 Å². The Hall–Kier alpha value is -3.47. The van der Waals surface area contributed by atoms with Crippen LogP contribution in [-0.2, 0) is 22.6 Å². The highest BCUT2D eigenvalue weighted by Gasteiger charge is 2.35. The third-order valence-electron chi connectivity index (χ3n) is 4.57. The van der Waals surface area contributed by atoms with Crippen molar-refractivity contribution in [2.45, 2.75) is 13.0 Å². The van der Waals surface area contributed by atoms with E-state index in [1.165, 1.54) is 4.90 Å². The molecule has 26 heavy (non-hydrogen) atoms. The Balaban J connectivity index is 1.68. The predicted molar refractivity (Wildman–Crippen MR) is 98.8 cm³/mol. The Bertz CT molecular complexity index is 1070. The molecule has 1 aliphatic heterocycles. The normalized spacial score (nSPS) is 13.3. The molecule has 1 heterocycles. The van der Waals surface area contributed by atoms with Gasteiger partial charge in [-0.05, 0) is 40.1 Å². The van der Waals surface area contributed by atoms with Crippen LogP contribution in [0.2, 0.25) is 0 Å². The van der Waals surface area contributed by atoms with Gasteiger partial charge in [0.25, 0.3) is 11.7 Å². The maximum absolute atomic E-state index is 12.4. The first-order valence-corrected chi connectivity index (χ1v) is 8.28. The van der Waals surface area contributed by atoms with Crippen molar-refractivity contribution in [2.24, 2.45) is 5.73 Å². The molecule has 5 nitrogen and oxygen atoms in total. The second-order valence-corrected chi connectivity index (χ2v) is 6.40. The second-order valence-electron chi connectivity index (χ2n) is 6.40. The Kier molecular flexibility index (Phi) is 3.77. The van der Waals surface area contributed by atoms with Crippen molar-refractivity contribution < 1.29 is 14.4 Å². The van der Waals surface area contributed by atoms with Gasteiger partial charge in [0, 0.05) is 0 Å². The number of hydrogen-bond acceptors (Lipinski definition) is 3. The van der Waals surface area contributed by atoms with Crippen molar-refractivity contribution in [3.8, 4) is 0 Å². The zero-order chi connectivity index (χ0) is 18.3. The fraction of sp³-hybridized carbons (Fsp3) is 0.0952. The lowest BCUT2D eigenvalue weighted by atomic mass is 10.0. The average molecular weight is 344 g/mol. The Morgan fingerprint density at radius 1 is 0.885 bits per heavy atom. The number of primary amides is 1. The molecular weight excluding hydrogens is 328 g/mol. The van der Waals surface area contributed by atoms with Gasteiger partial charge in [0.05, 0.1) is 24.2 Å². The number of carbonyl (C=O) groups excluding carboxylic acids is 3. The molecule has 0 spiro atoms. The molecule has 2 amide bonds. The summed E-state index contributed by atoms with van der Waals surface area (Å²) < 4.78 is 0. The fourth-order valence-electron chi connectivity index (χ4n) is 3.34. The topological polar surface area (TPSA) is 80.5 Å². The smallest absolute Gasteiger partial charge is 0.299 e. The van der Waals surface area contributed by atoms with E-state index in [0.29, 0.717) is 23.4 Å². The summed E-state index contributed by atoms with van der Waals surface area (Å²) in [4.78, 5) is 37.4. The summed E-state index contributed by atoms with van der Waals surface area (Å²) >= 11 is 0. The summed E-state index contributed by atoms with van der Waals surface area (Å²) in [6, 6.07) is 19.0. The number of amides is 2. The lowest BCUT2D eigenvalue weighted by molar-refractivity contribution is -0.117. The monoisotopic (exact) mass is 344 g/mol. The number of carbonyl (C=O) groups is 3.